The fourth-order valence-electron chi connectivity index (χ4n) is 7.32. The second-order valence-corrected chi connectivity index (χ2v) is 13.8. The van der Waals surface area contributed by atoms with E-state index in [2.05, 4.69) is 13.8 Å². The van der Waals surface area contributed by atoms with Crippen LogP contribution in [0.15, 0.2) is 12.1 Å². The normalized spacial score (nSPS) is 22.2. The third kappa shape index (κ3) is 4.96. The number of fused-ring (bicyclic) bond motifs is 3. The van der Waals surface area contributed by atoms with Crippen molar-refractivity contribution >= 4 is 12.1 Å². The van der Waals surface area contributed by atoms with E-state index >= 15 is 0 Å². The first-order valence-corrected chi connectivity index (χ1v) is 15.4. The van der Waals surface area contributed by atoms with Crippen molar-refractivity contribution in [2.75, 3.05) is 34.7 Å². The highest BCUT2D eigenvalue weighted by Gasteiger charge is 2.50. The van der Waals surface area contributed by atoms with Crippen molar-refractivity contribution in [3.8, 4) is 28.7 Å². The summed E-state index contributed by atoms with van der Waals surface area (Å²) in [5.74, 6) is 2.15. The van der Waals surface area contributed by atoms with Crippen molar-refractivity contribution in [2.45, 2.75) is 90.4 Å². The lowest BCUT2D eigenvalue weighted by atomic mass is 9.69. The van der Waals surface area contributed by atoms with Crippen LogP contribution in [0.5, 0.6) is 28.7 Å². The van der Waals surface area contributed by atoms with Gasteiger partial charge in [-0.2, -0.15) is 0 Å². The minimum absolute atomic E-state index is 0.0818. The number of carbonyl (C=O) groups excluding carboxylic acids is 2. The fourth-order valence-corrected chi connectivity index (χ4v) is 7.32. The number of ether oxygens (including phenoxy) is 7. The molecule has 238 valence electrons. The van der Waals surface area contributed by atoms with Crippen LogP contribution >= 0.6 is 0 Å². The molecule has 0 unspecified atom stereocenters. The minimum Gasteiger partial charge on any atom is -0.493 e. The lowest BCUT2D eigenvalue weighted by molar-refractivity contribution is -0.0196. The number of carbonyl (C=O) groups is 2. The first kappa shape index (κ1) is 30.2. The monoisotopic (exact) mass is 609 g/mol. The summed E-state index contributed by atoms with van der Waals surface area (Å²) in [6.07, 6.45) is 3.41. The number of nitrogens with zero attached hydrogens (tertiary/aromatic N) is 1. The summed E-state index contributed by atoms with van der Waals surface area (Å²) >= 11 is 0. The number of methoxy groups -OCH3 is 3. The Labute approximate surface area is 258 Å². The Morgan fingerprint density at radius 2 is 1.64 bits per heavy atom. The summed E-state index contributed by atoms with van der Waals surface area (Å²) in [5.41, 5.74) is 3.36. The second kappa shape index (κ2) is 11.0. The van der Waals surface area contributed by atoms with E-state index in [0.717, 1.165) is 48.1 Å². The average Bonchev–Trinajstić information content (AvgIpc) is 3.58. The topological polar surface area (TPSA) is 102 Å². The SMILES string of the molecule is COc1ccc2c(c1OC)C(=O)O[C@@H]2[C@H]1c2c(c(C3CCC(C)(C)CC3)c3c(c2OC)OCO3)CCN1C(=O)OC(C)(C)C. The van der Waals surface area contributed by atoms with E-state index in [1.165, 1.54) is 14.2 Å². The average molecular weight is 610 g/mol. The zero-order valence-electron chi connectivity index (χ0n) is 27.0. The number of benzene rings is 2. The second-order valence-electron chi connectivity index (χ2n) is 13.8. The molecule has 6 rings (SSSR count). The van der Waals surface area contributed by atoms with Gasteiger partial charge in [0.2, 0.25) is 12.5 Å². The molecule has 1 aliphatic carbocycles. The van der Waals surface area contributed by atoms with Crippen molar-refractivity contribution in [3.63, 3.8) is 0 Å². The molecule has 3 aliphatic heterocycles. The quantitative estimate of drug-likeness (QED) is 0.336. The number of hydrogen-bond donors (Lipinski definition) is 0. The van der Waals surface area contributed by atoms with Gasteiger partial charge in [0.1, 0.15) is 17.2 Å². The first-order valence-electron chi connectivity index (χ1n) is 15.4. The van der Waals surface area contributed by atoms with E-state index in [1.54, 1.807) is 24.1 Å². The molecule has 0 radical (unpaired) electrons. The number of esters is 1. The molecule has 0 spiro atoms. The molecular weight excluding hydrogens is 566 g/mol. The van der Waals surface area contributed by atoms with Gasteiger partial charge >= 0.3 is 12.1 Å². The first-order chi connectivity index (χ1) is 20.9. The standard InChI is InChI=1S/C34H43NO9/c1-33(2,3)44-32(37)35-16-13-19-22(18-11-14-34(4,5)15-12-18)29-30(42-17-41-29)28(40-8)23(19)25(35)26-20-9-10-21(38-6)27(39-7)24(20)31(36)43-26/h9-10,18,25-26H,11-17H2,1-8H3/t25-,26+/m1/s1. The summed E-state index contributed by atoms with van der Waals surface area (Å²) in [6.45, 7) is 10.6. The van der Waals surface area contributed by atoms with Crippen molar-refractivity contribution in [2.24, 2.45) is 5.41 Å². The molecule has 2 atom stereocenters. The van der Waals surface area contributed by atoms with Gasteiger partial charge in [-0.15, -0.1) is 0 Å². The van der Waals surface area contributed by atoms with Gasteiger partial charge in [0.15, 0.2) is 29.1 Å². The van der Waals surface area contributed by atoms with Crippen LogP contribution in [0.4, 0.5) is 4.79 Å². The van der Waals surface area contributed by atoms with Crippen LogP contribution in [0, 0.1) is 5.41 Å². The van der Waals surface area contributed by atoms with E-state index in [-0.39, 0.29) is 23.7 Å². The maximum absolute atomic E-state index is 13.9. The molecule has 44 heavy (non-hydrogen) atoms. The van der Waals surface area contributed by atoms with Crippen molar-refractivity contribution in [1.29, 1.82) is 0 Å². The Kier molecular flexibility index (Phi) is 7.53. The van der Waals surface area contributed by atoms with Crippen LogP contribution in [0.2, 0.25) is 0 Å². The van der Waals surface area contributed by atoms with Gasteiger partial charge in [-0.1, -0.05) is 19.9 Å². The van der Waals surface area contributed by atoms with E-state index < -0.39 is 29.8 Å². The maximum atomic E-state index is 13.9. The smallest absolute Gasteiger partial charge is 0.410 e. The molecule has 10 heteroatoms. The molecule has 0 bridgehead atoms. The predicted octanol–water partition coefficient (Wildman–Crippen LogP) is 6.87. The Bertz CT molecular complexity index is 1480. The molecule has 2 aromatic carbocycles. The van der Waals surface area contributed by atoms with Gasteiger partial charge in [-0.3, -0.25) is 4.90 Å². The largest absolute Gasteiger partial charge is 0.493 e. The summed E-state index contributed by atoms with van der Waals surface area (Å²) in [4.78, 5) is 29.1. The van der Waals surface area contributed by atoms with Gasteiger partial charge < -0.3 is 33.2 Å². The molecule has 0 aromatic heterocycles. The van der Waals surface area contributed by atoms with E-state index in [4.69, 9.17) is 33.2 Å². The van der Waals surface area contributed by atoms with Crippen LogP contribution in [-0.4, -0.2) is 57.2 Å². The lowest BCUT2D eigenvalue weighted by Gasteiger charge is -2.43. The van der Waals surface area contributed by atoms with Gasteiger partial charge in [-0.25, -0.2) is 9.59 Å². The van der Waals surface area contributed by atoms with Gasteiger partial charge in [0, 0.05) is 23.2 Å². The Morgan fingerprint density at radius 1 is 0.955 bits per heavy atom. The van der Waals surface area contributed by atoms with Crippen LogP contribution in [0.1, 0.15) is 111 Å². The van der Waals surface area contributed by atoms with Crippen molar-refractivity contribution in [3.05, 3.63) is 39.9 Å². The van der Waals surface area contributed by atoms with Gasteiger partial charge in [0.25, 0.3) is 0 Å². The van der Waals surface area contributed by atoms with Crippen molar-refractivity contribution in [1.82, 2.24) is 4.90 Å². The number of cyclic esters (lactones) is 1. The molecule has 2 aromatic rings. The lowest BCUT2D eigenvalue weighted by Crippen LogP contribution is -2.45. The Balaban J connectivity index is 1.57. The highest BCUT2D eigenvalue weighted by atomic mass is 16.7. The van der Waals surface area contributed by atoms with E-state index in [9.17, 15) is 9.59 Å². The molecule has 0 saturated heterocycles. The minimum atomic E-state index is -0.865. The summed E-state index contributed by atoms with van der Waals surface area (Å²) in [5, 5.41) is 0. The van der Waals surface area contributed by atoms with Gasteiger partial charge in [0.05, 0.1) is 21.3 Å². The number of rotatable bonds is 5. The van der Waals surface area contributed by atoms with Crippen molar-refractivity contribution < 1.29 is 42.7 Å². The molecule has 1 saturated carbocycles. The molecule has 1 amide bonds. The van der Waals surface area contributed by atoms with E-state index in [0.29, 0.717) is 41.5 Å². The zero-order valence-corrected chi connectivity index (χ0v) is 27.0. The zero-order chi connectivity index (χ0) is 31.6. The molecular formula is C34H43NO9. The predicted molar refractivity (Wildman–Crippen MR) is 161 cm³/mol. The fraction of sp³-hybridized carbons (Fsp3) is 0.588. The van der Waals surface area contributed by atoms with Crippen LogP contribution in [0.25, 0.3) is 0 Å². The summed E-state index contributed by atoms with van der Waals surface area (Å²) in [7, 11) is 4.60. The molecule has 1 fully saturated rings. The summed E-state index contributed by atoms with van der Waals surface area (Å²) in [6, 6.07) is 2.79. The van der Waals surface area contributed by atoms with Gasteiger partial charge in [-0.05, 0) is 75.8 Å². The Morgan fingerprint density at radius 3 is 2.27 bits per heavy atom. The van der Waals surface area contributed by atoms with Crippen LogP contribution < -0.4 is 23.7 Å². The maximum Gasteiger partial charge on any atom is 0.410 e. The summed E-state index contributed by atoms with van der Waals surface area (Å²) < 4.78 is 41.5. The van der Waals surface area contributed by atoms with Crippen LogP contribution in [0.3, 0.4) is 0 Å². The molecule has 0 N–H and O–H groups in total. The molecule has 10 nitrogen and oxygen atoms in total. The Hall–Kier alpha value is -3.82. The highest BCUT2D eigenvalue weighted by Crippen LogP contribution is 2.60. The molecule has 4 aliphatic rings. The highest BCUT2D eigenvalue weighted by molar-refractivity contribution is 5.98. The third-order valence-electron chi connectivity index (χ3n) is 9.38. The molecule has 3 heterocycles. The number of hydrogen-bond acceptors (Lipinski definition) is 9. The number of amides is 1. The van der Waals surface area contributed by atoms with E-state index in [1.807, 2.05) is 20.8 Å². The van der Waals surface area contributed by atoms with Crippen LogP contribution in [-0.2, 0) is 15.9 Å². The third-order valence-corrected chi connectivity index (χ3v) is 9.38.